The van der Waals surface area contributed by atoms with E-state index < -0.39 is 11.2 Å². The van der Waals surface area contributed by atoms with Gasteiger partial charge in [-0.2, -0.15) is 0 Å². The van der Waals surface area contributed by atoms with Crippen molar-refractivity contribution in [3.05, 3.63) is 59.9 Å². The van der Waals surface area contributed by atoms with Gasteiger partial charge in [0.1, 0.15) is 12.4 Å². The number of hydrogen-bond donors (Lipinski definition) is 0. The Labute approximate surface area is 151 Å². The van der Waals surface area contributed by atoms with Crippen molar-refractivity contribution in [1.82, 2.24) is 0 Å². The quantitative estimate of drug-likeness (QED) is 0.780. The Bertz CT molecular complexity index is 767. The van der Waals surface area contributed by atoms with Gasteiger partial charge in [0, 0.05) is 4.90 Å². The summed E-state index contributed by atoms with van der Waals surface area (Å²) in [5.41, 5.74) is 1.56. The molecular weight excluding hydrogens is 341 g/mol. The van der Waals surface area contributed by atoms with Gasteiger partial charge >= 0.3 is 5.97 Å². The Morgan fingerprint density at radius 2 is 1.96 bits per heavy atom. The van der Waals surface area contributed by atoms with E-state index in [1.165, 1.54) is 42.0 Å². The number of carbonyl (C=O) groups is 2. The Morgan fingerprint density at radius 3 is 2.64 bits per heavy atom. The summed E-state index contributed by atoms with van der Waals surface area (Å²) in [5, 5.41) is -0.411. The molecule has 1 unspecified atom stereocenters. The lowest BCUT2D eigenvalue weighted by molar-refractivity contribution is -0.140. The van der Waals surface area contributed by atoms with Crippen LogP contribution in [0.4, 0.5) is 10.1 Å². The van der Waals surface area contributed by atoms with Crippen LogP contribution in [0.3, 0.4) is 0 Å². The van der Waals surface area contributed by atoms with Crippen molar-refractivity contribution in [2.45, 2.75) is 24.0 Å². The molecule has 6 heteroatoms. The number of amides is 1. The molecule has 0 aliphatic carbocycles. The number of fused-ring (bicyclic) bond motifs is 1. The lowest BCUT2D eigenvalue weighted by atomic mass is 10.1. The lowest BCUT2D eigenvalue weighted by Crippen LogP contribution is -2.44. The highest BCUT2D eigenvalue weighted by Crippen LogP contribution is 2.40. The molecule has 1 atom stereocenters. The van der Waals surface area contributed by atoms with Gasteiger partial charge in [0.25, 0.3) is 0 Å². The van der Waals surface area contributed by atoms with E-state index in [-0.39, 0.29) is 25.7 Å². The molecule has 2 aromatic carbocycles. The predicted molar refractivity (Wildman–Crippen MR) is 97.3 cm³/mol. The number of thioether (sulfide) groups is 1. The van der Waals surface area contributed by atoms with E-state index in [2.05, 4.69) is 4.74 Å². The van der Waals surface area contributed by atoms with E-state index >= 15 is 0 Å². The highest BCUT2D eigenvalue weighted by molar-refractivity contribution is 8.01. The molecule has 1 amide bonds. The molecule has 0 saturated heterocycles. The standard InChI is InChI=1S/C18H16FNO3S.CH4/c1-23-17(21)11-20-14-8-7-13(19)10-15(14)24-16(18(20)22)9-12-5-3-2-4-6-12;/h2-8,10,16H,9,11H2,1H3;1H4. The first-order valence-corrected chi connectivity index (χ1v) is 8.35. The van der Waals surface area contributed by atoms with E-state index in [1.54, 1.807) is 0 Å². The Hall–Kier alpha value is -2.34. The minimum Gasteiger partial charge on any atom is -0.468 e. The number of hydrogen-bond acceptors (Lipinski definition) is 4. The number of anilines is 1. The summed E-state index contributed by atoms with van der Waals surface area (Å²) in [4.78, 5) is 26.5. The first-order chi connectivity index (χ1) is 11.6. The van der Waals surface area contributed by atoms with E-state index in [0.717, 1.165) is 5.56 Å². The average molecular weight is 361 g/mol. The van der Waals surface area contributed by atoms with Crippen LogP contribution < -0.4 is 4.90 Å². The van der Waals surface area contributed by atoms with Gasteiger partial charge in [0.2, 0.25) is 5.91 Å². The molecular formula is C19H20FNO3S. The van der Waals surface area contributed by atoms with Gasteiger partial charge in [-0.1, -0.05) is 37.8 Å². The Balaban J connectivity index is 0.00000225. The summed E-state index contributed by atoms with van der Waals surface area (Å²) in [6, 6.07) is 13.8. The fourth-order valence-electron chi connectivity index (χ4n) is 2.62. The van der Waals surface area contributed by atoms with Crippen molar-refractivity contribution in [3.63, 3.8) is 0 Å². The highest BCUT2D eigenvalue weighted by Gasteiger charge is 2.35. The number of benzene rings is 2. The first kappa shape index (κ1) is 19.0. The van der Waals surface area contributed by atoms with Gasteiger partial charge in [-0.25, -0.2) is 4.39 Å². The summed E-state index contributed by atoms with van der Waals surface area (Å²) < 4.78 is 18.3. The Morgan fingerprint density at radius 1 is 1.24 bits per heavy atom. The second-order valence-corrected chi connectivity index (χ2v) is 6.65. The van der Waals surface area contributed by atoms with Gasteiger partial charge in [0.05, 0.1) is 18.0 Å². The molecule has 0 aromatic heterocycles. The second kappa shape index (κ2) is 8.16. The molecule has 132 valence electrons. The van der Waals surface area contributed by atoms with Gasteiger partial charge in [-0.3, -0.25) is 14.5 Å². The molecule has 0 saturated carbocycles. The van der Waals surface area contributed by atoms with Crippen molar-refractivity contribution >= 4 is 29.3 Å². The van der Waals surface area contributed by atoms with Crippen LogP contribution in [0, 0.1) is 5.82 Å². The first-order valence-electron chi connectivity index (χ1n) is 7.47. The SMILES string of the molecule is C.COC(=O)CN1C(=O)C(Cc2ccccc2)Sc2cc(F)ccc21. The maximum atomic E-state index is 13.6. The van der Waals surface area contributed by atoms with Crippen LogP contribution in [0.1, 0.15) is 13.0 Å². The van der Waals surface area contributed by atoms with Crippen LogP contribution in [0.15, 0.2) is 53.4 Å². The van der Waals surface area contributed by atoms with Crippen molar-refractivity contribution in [2.75, 3.05) is 18.6 Å². The second-order valence-electron chi connectivity index (χ2n) is 5.41. The summed E-state index contributed by atoms with van der Waals surface area (Å²) >= 11 is 1.33. The number of nitrogens with zero attached hydrogens (tertiary/aromatic N) is 1. The normalized spacial score (nSPS) is 16.0. The Kier molecular flexibility index (Phi) is 6.20. The largest absolute Gasteiger partial charge is 0.468 e. The molecule has 0 radical (unpaired) electrons. The maximum Gasteiger partial charge on any atom is 0.325 e. The maximum absolute atomic E-state index is 13.6. The summed E-state index contributed by atoms with van der Waals surface area (Å²) in [5.74, 6) is -1.05. The van der Waals surface area contributed by atoms with Crippen LogP contribution in [-0.2, 0) is 20.7 Å². The van der Waals surface area contributed by atoms with Crippen LogP contribution in [-0.4, -0.2) is 30.8 Å². The van der Waals surface area contributed by atoms with E-state index in [4.69, 9.17) is 0 Å². The number of ether oxygens (including phenoxy) is 1. The predicted octanol–water partition coefficient (Wildman–Crippen LogP) is 3.68. The molecule has 0 N–H and O–H groups in total. The molecule has 3 rings (SSSR count). The van der Waals surface area contributed by atoms with Crippen molar-refractivity contribution in [2.24, 2.45) is 0 Å². The van der Waals surface area contributed by atoms with E-state index in [1.807, 2.05) is 30.3 Å². The molecule has 0 fully saturated rings. The van der Waals surface area contributed by atoms with Crippen LogP contribution in [0.2, 0.25) is 0 Å². The minimum absolute atomic E-state index is 0. The molecule has 1 aliphatic heterocycles. The van der Waals surface area contributed by atoms with Gasteiger partial charge < -0.3 is 4.74 Å². The fraction of sp³-hybridized carbons (Fsp3) is 0.263. The third kappa shape index (κ3) is 4.20. The zero-order valence-corrected chi connectivity index (χ0v) is 13.9. The van der Waals surface area contributed by atoms with E-state index in [9.17, 15) is 14.0 Å². The van der Waals surface area contributed by atoms with E-state index in [0.29, 0.717) is 17.0 Å². The lowest BCUT2D eigenvalue weighted by Gasteiger charge is -2.33. The topological polar surface area (TPSA) is 46.6 Å². The molecule has 0 spiro atoms. The van der Waals surface area contributed by atoms with Crippen LogP contribution >= 0.6 is 11.8 Å². The summed E-state index contributed by atoms with van der Waals surface area (Å²) in [6.07, 6.45) is 0.512. The summed E-state index contributed by atoms with van der Waals surface area (Å²) in [6.45, 7) is -0.181. The third-order valence-corrected chi connectivity index (χ3v) is 5.04. The minimum atomic E-state index is -0.510. The number of halogens is 1. The third-order valence-electron chi connectivity index (χ3n) is 3.80. The molecule has 25 heavy (non-hydrogen) atoms. The zero-order valence-electron chi connectivity index (χ0n) is 13.1. The van der Waals surface area contributed by atoms with Gasteiger partial charge in [-0.15, -0.1) is 11.8 Å². The van der Waals surface area contributed by atoms with Gasteiger partial charge in [-0.05, 0) is 30.2 Å². The van der Waals surface area contributed by atoms with Crippen molar-refractivity contribution in [3.8, 4) is 0 Å². The number of methoxy groups -OCH3 is 1. The zero-order chi connectivity index (χ0) is 17.1. The molecule has 0 bridgehead atoms. The van der Waals surface area contributed by atoms with Gasteiger partial charge in [0.15, 0.2) is 0 Å². The van der Waals surface area contributed by atoms with Crippen molar-refractivity contribution < 1.29 is 18.7 Å². The molecule has 4 nitrogen and oxygen atoms in total. The van der Waals surface area contributed by atoms with Crippen LogP contribution in [0.25, 0.3) is 0 Å². The number of esters is 1. The molecule has 1 heterocycles. The van der Waals surface area contributed by atoms with Crippen LogP contribution in [0.5, 0.6) is 0 Å². The average Bonchev–Trinajstić information content (AvgIpc) is 2.59. The van der Waals surface area contributed by atoms with Crippen molar-refractivity contribution in [1.29, 1.82) is 0 Å². The smallest absolute Gasteiger partial charge is 0.325 e. The number of rotatable bonds is 4. The fourth-order valence-corrected chi connectivity index (χ4v) is 3.91. The molecule has 1 aliphatic rings. The summed E-state index contributed by atoms with van der Waals surface area (Å²) in [7, 11) is 1.28. The molecule has 2 aromatic rings. The monoisotopic (exact) mass is 361 g/mol. The number of carbonyl (C=O) groups excluding carboxylic acids is 2. The highest BCUT2D eigenvalue weighted by atomic mass is 32.2.